The van der Waals surface area contributed by atoms with E-state index in [0.29, 0.717) is 12.8 Å². The van der Waals surface area contributed by atoms with E-state index in [1.807, 2.05) is 19.1 Å². The summed E-state index contributed by atoms with van der Waals surface area (Å²) in [6.07, 6.45) is 0.293. The molecule has 0 unspecified atom stereocenters. The second-order valence-corrected chi connectivity index (χ2v) is 8.66. The number of rotatable bonds is 4. The first-order chi connectivity index (χ1) is 6.60. The normalized spacial score (nSPS) is 11.4. The maximum Gasteiger partial charge on any atom is 0.119 e. The van der Waals surface area contributed by atoms with E-state index in [1.165, 1.54) is 5.19 Å². The van der Waals surface area contributed by atoms with E-state index in [1.54, 1.807) is 0 Å². The maximum absolute atomic E-state index is 9.25. The van der Waals surface area contributed by atoms with E-state index in [0.717, 1.165) is 5.75 Å². The molecule has 0 spiro atoms. The third kappa shape index (κ3) is 2.59. The zero-order valence-electron chi connectivity index (χ0n) is 9.08. The van der Waals surface area contributed by atoms with Crippen molar-refractivity contribution in [1.82, 2.24) is 0 Å². The lowest BCUT2D eigenvalue weighted by Crippen LogP contribution is -2.45. The Morgan fingerprint density at radius 1 is 1.21 bits per heavy atom. The molecule has 0 saturated carbocycles. The molecule has 2 nitrogen and oxygen atoms in total. The summed E-state index contributed by atoms with van der Waals surface area (Å²) < 4.78 is 5.36. The molecular weight excluding hydrogens is 192 g/mol. The first-order valence-electron chi connectivity index (χ1n) is 4.94. The fraction of sp³-hybridized carbons (Fsp3) is 0.455. The number of aliphatic hydroxyl groups excluding tert-OH is 1. The predicted octanol–water partition coefficient (Wildman–Crippen LogP) is 1.53. The van der Waals surface area contributed by atoms with Gasteiger partial charge in [-0.15, -0.1) is 0 Å². The van der Waals surface area contributed by atoms with Gasteiger partial charge in [-0.05, 0) is 19.1 Å². The highest BCUT2D eigenvalue weighted by Crippen LogP contribution is 2.10. The molecule has 0 bridgehead atoms. The summed E-state index contributed by atoms with van der Waals surface area (Å²) in [5, 5.41) is 10.5. The summed E-state index contributed by atoms with van der Waals surface area (Å²) >= 11 is 0. The number of aliphatic hydroxyl groups is 1. The van der Waals surface area contributed by atoms with Crippen LogP contribution in [0.1, 0.15) is 6.92 Å². The Balaban J connectivity index is 2.82. The Morgan fingerprint density at radius 3 is 2.21 bits per heavy atom. The van der Waals surface area contributed by atoms with Gasteiger partial charge in [0.15, 0.2) is 0 Å². The van der Waals surface area contributed by atoms with E-state index in [-0.39, 0.29) is 0 Å². The highest BCUT2D eigenvalue weighted by atomic mass is 28.3. The molecule has 0 amide bonds. The minimum absolute atomic E-state index is 0.293. The minimum Gasteiger partial charge on any atom is -0.494 e. The monoisotopic (exact) mass is 210 g/mol. The molecule has 0 aliphatic carbocycles. The van der Waals surface area contributed by atoms with E-state index in [9.17, 15) is 5.11 Å². The van der Waals surface area contributed by atoms with Crippen LogP contribution < -0.4 is 9.92 Å². The van der Waals surface area contributed by atoms with Crippen molar-refractivity contribution in [3.8, 4) is 5.75 Å². The molecule has 0 fully saturated rings. The largest absolute Gasteiger partial charge is 0.494 e. The zero-order valence-corrected chi connectivity index (χ0v) is 10.1. The van der Waals surface area contributed by atoms with Crippen LogP contribution >= 0.6 is 0 Å². The van der Waals surface area contributed by atoms with Gasteiger partial charge < -0.3 is 9.84 Å². The van der Waals surface area contributed by atoms with Crippen LogP contribution in [0.15, 0.2) is 24.3 Å². The average Bonchev–Trinajstić information content (AvgIpc) is 2.19. The fourth-order valence-corrected chi connectivity index (χ4v) is 2.51. The smallest absolute Gasteiger partial charge is 0.119 e. The van der Waals surface area contributed by atoms with Crippen molar-refractivity contribution < 1.29 is 9.84 Å². The summed E-state index contributed by atoms with van der Waals surface area (Å²) in [5.41, 5.74) is 0. The molecule has 0 saturated heterocycles. The number of benzene rings is 1. The van der Waals surface area contributed by atoms with Gasteiger partial charge in [0.2, 0.25) is 0 Å². The van der Waals surface area contributed by atoms with Crippen LogP contribution in [0.25, 0.3) is 0 Å². The fourth-order valence-electron chi connectivity index (χ4n) is 1.26. The van der Waals surface area contributed by atoms with Gasteiger partial charge in [-0.2, -0.15) is 0 Å². The Kier molecular flexibility index (Phi) is 3.72. The van der Waals surface area contributed by atoms with Crippen LogP contribution in [0.3, 0.4) is 0 Å². The van der Waals surface area contributed by atoms with Crippen LogP contribution in [0, 0.1) is 0 Å². The average molecular weight is 210 g/mol. The maximum atomic E-state index is 9.25. The summed E-state index contributed by atoms with van der Waals surface area (Å²) in [5.74, 6) is 0.902. The van der Waals surface area contributed by atoms with Gasteiger partial charge in [0, 0.05) is 6.23 Å². The van der Waals surface area contributed by atoms with Crippen molar-refractivity contribution in [2.75, 3.05) is 12.8 Å². The number of ether oxygens (including phenoxy) is 1. The van der Waals surface area contributed by atoms with Gasteiger partial charge in [0.25, 0.3) is 0 Å². The third-order valence-corrected chi connectivity index (χ3v) is 5.03. The summed E-state index contributed by atoms with van der Waals surface area (Å²) in [7, 11) is -1.60. The molecule has 0 radical (unpaired) electrons. The molecule has 1 aromatic carbocycles. The summed E-state index contributed by atoms with van der Waals surface area (Å²) in [4.78, 5) is 0. The highest BCUT2D eigenvalue weighted by molar-refractivity contribution is 6.89. The molecule has 14 heavy (non-hydrogen) atoms. The summed E-state index contributed by atoms with van der Waals surface area (Å²) in [6, 6.07) is 8.08. The molecule has 1 N–H and O–H groups in total. The highest BCUT2D eigenvalue weighted by Gasteiger charge is 2.21. The van der Waals surface area contributed by atoms with Crippen molar-refractivity contribution in [3.63, 3.8) is 0 Å². The molecule has 0 atom stereocenters. The Hall–Kier alpha value is -0.803. The van der Waals surface area contributed by atoms with Crippen LogP contribution in [0.2, 0.25) is 13.1 Å². The molecular formula is C11H18O2Si. The van der Waals surface area contributed by atoms with Crippen molar-refractivity contribution in [1.29, 1.82) is 0 Å². The van der Waals surface area contributed by atoms with Crippen molar-refractivity contribution >= 4 is 13.3 Å². The van der Waals surface area contributed by atoms with Gasteiger partial charge in [-0.1, -0.05) is 30.4 Å². The van der Waals surface area contributed by atoms with Crippen LogP contribution in [-0.4, -0.2) is 26.0 Å². The van der Waals surface area contributed by atoms with Crippen molar-refractivity contribution in [2.24, 2.45) is 0 Å². The minimum atomic E-state index is -1.60. The molecule has 0 aliphatic rings. The van der Waals surface area contributed by atoms with E-state index in [2.05, 4.69) is 25.2 Å². The molecule has 1 rings (SSSR count). The third-order valence-electron chi connectivity index (χ3n) is 2.34. The van der Waals surface area contributed by atoms with Crippen molar-refractivity contribution in [3.05, 3.63) is 24.3 Å². The Morgan fingerprint density at radius 2 is 1.79 bits per heavy atom. The van der Waals surface area contributed by atoms with Gasteiger partial charge in [0.05, 0.1) is 6.61 Å². The molecule has 0 aliphatic heterocycles. The van der Waals surface area contributed by atoms with Crippen LogP contribution in [-0.2, 0) is 0 Å². The van der Waals surface area contributed by atoms with Gasteiger partial charge in [0.1, 0.15) is 13.8 Å². The molecule has 0 aromatic heterocycles. The van der Waals surface area contributed by atoms with E-state index < -0.39 is 8.07 Å². The van der Waals surface area contributed by atoms with E-state index >= 15 is 0 Å². The van der Waals surface area contributed by atoms with Gasteiger partial charge in [-0.3, -0.25) is 0 Å². The molecule has 0 heterocycles. The van der Waals surface area contributed by atoms with Gasteiger partial charge in [-0.25, -0.2) is 0 Å². The quantitative estimate of drug-likeness (QED) is 0.764. The number of hydrogen-bond donors (Lipinski definition) is 1. The second-order valence-electron chi connectivity index (χ2n) is 4.00. The predicted molar refractivity (Wildman–Crippen MR) is 61.8 cm³/mol. The first kappa shape index (κ1) is 11.3. The van der Waals surface area contributed by atoms with Crippen LogP contribution in [0.5, 0.6) is 5.75 Å². The van der Waals surface area contributed by atoms with E-state index in [4.69, 9.17) is 4.74 Å². The lowest BCUT2D eigenvalue weighted by Gasteiger charge is -2.19. The van der Waals surface area contributed by atoms with Gasteiger partial charge >= 0.3 is 0 Å². The standard InChI is InChI=1S/C11H18O2Si/c1-4-13-10-5-7-11(8-6-10)14(2,3)9-12/h5-8,12H,4,9H2,1-3H3. The topological polar surface area (TPSA) is 29.5 Å². The Bertz CT molecular complexity index is 280. The molecule has 78 valence electrons. The zero-order chi connectivity index (χ0) is 10.6. The lowest BCUT2D eigenvalue weighted by molar-refractivity contribution is 0.340. The number of hydrogen-bond acceptors (Lipinski definition) is 2. The van der Waals surface area contributed by atoms with Crippen molar-refractivity contribution in [2.45, 2.75) is 20.0 Å². The first-order valence-corrected chi connectivity index (χ1v) is 8.15. The van der Waals surface area contributed by atoms with Crippen LogP contribution in [0.4, 0.5) is 0 Å². The SMILES string of the molecule is CCOc1ccc([Si](C)(C)CO)cc1. The second kappa shape index (κ2) is 4.62. The molecule has 3 heteroatoms. The lowest BCUT2D eigenvalue weighted by atomic mass is 10.3. The Labute approximate surface area is 86.5 Å². The molecule has 1 aromatic rings. The summed E-state index contributed by atoms with van der Waals surface area (Å²) in [6.45, 7) is 6.98.